The number of aromatic nitrogens is 4. The first-order valence-corrected chi connectivity index (χ1v) is 9.96. The number of hydrogen-bond donors (Lipinski definition) is 1. The van der Waals surface area contributed by atoms with Gasteiger partial charge in [-0.05, 0) is 52.1 Å². The zero-order valence-electron chi connectivity index (χ0n) is 15.3. The minimum atomic E-state index is -0.00224. The molecule has 0 radical (unpaired) electrons. The summed E-state index contributed by atoms with van der Waals surface area (Å²) in [4.78, 5) is 19.6. The van der Waals surface area contributed by atoms with E-state index in [2.05, 4.69) is 20.6 Å². The molecule has 0 aromatic carbocycles. The van der Waals surface area contributed by atoms with Crippen LogP contribution >= 0.6 is 36.2 Å². The minimum Gasteiger partial charge on any atom is -0.328 e. The predicted octanol–water partition coefficient (Wildman–Crippen LogP) is 3.18. The van der Waals surface area contributed by atoms with Crippen molar-refractivity contribution in [3.63, 3.8) is 0 Å². The molecule has 27 heavy (non-hydrogen) atoms. The first-order valence-electron chi connectivity index (χ1n) is 9.08. The lowest BCUT2D eigenvalue weighted by atomic mass is 10.0. The molecule has 2 fully saturated rings. The topological polar surface area (TPSA) is 75.9 Å². The highest BCUT2D eigenvalue weighted by Gasteiger charge is 2.33. The molecule has 0 aliphatic carbocycles. The van der Waals surface area contributed by atoms with E-state index in [9.17, 15) is 4.79 Å². The van der Waals surface area contributed by atoms with Crippen LogP contribution in [0.2, 0.25) is 0 Å². The second-order valence-electron chi connectivity index (χ2n) is 6.83. The van der Waals surface area contributed by atoms with Crippen LogP contribution in [0.5, 0.6) is 0 Å². The number of likely N-dealkylation sites (tertiary alicyclic amines) is 1. The van der Waals surface area contributed by atoms with Crippen molar-refractivity contribution < 1.29 is 4.79 Å². The standard InChI is InChI=1S/C17H24N6OS.2ClH/c1-12-15(20-21-23(12)13-5-7-18-8-6-13)17(24)22-10-3-2-4-14(22)16-19-9-11-25-16;;/h9,11,13-14,18H,2-8,10H2,1H3;2*1H. The molecule has 4 rings (SSSR count). The lowest BCUT2D eigenvalue weighted by Crippen LogP contribution is -2.39. The Hall–Kier alpha value is -1.22. The number of carbonyl (C=O) groups is 1. The van der Waals surface area contributed by atoms with Gasteiger partial charge in [0.25, 0.3) is 5.91 Å². The molecule has 4 heterocycles. The third kappa shape index (κ3) is 4.45. The van der Waals surface area contributed by atoms with Gasteiger partial charge in [0, 0.05) is 18.1 Å². The van der Waals surface area contributed by atoms with Gasteiger partial charge in [0.05, 0.1) is 17.8 Å². The number of amides is 1. The Morgan fingerprint density at radius 1 is 1.22 bits per heavy atom. The SMILES string of the molecule is Cc1c(C(=O)N2CCCCC2c2nccs2)nnn1C1CCNCC1.Cl.Cl. The molecule has 1 unspecified atom stereocenters. The molecular formula is C17H26Cl2N6OS. The van der Waals surface area contributed by atoms with Crippen molar-refractivity contribution in [1.82, 2.24) is 30.2 Å². The summed E-state index contributed by atoms with van der Waals surface area (Å²) in [6.07, 6.45) is 7.02. The molecule has 1 atom stereocenters. The van der Waals surface area contributed by atoms with Gasteiger partial charge >= 0.3 is 0 Å². The first-order chi connectivity index (χ1) is 12.3. The number of thiazole rings is 1. The molecule has 2 aromatic heterocycles. The van der Waals surface area contributed by atoms with Gasteiger partial charge in [0.15, 0.2) is 5.69 Å². The van der Waals surface area contributed by atoms with Crippen LogP contribution in [-0.2, 0) is 0 Å². The lowest BCUT2D eigenvalue weighted by Gasteiger charge is -2.34. The number of rotatable bonds is 3. The zero-order chi connectivity index (χ0) is 17.2. The van der Waals surface area contributed by atoms with E-state index in [0.717, 1.165) is 62.4 Å². The molecule has 0 saturated carbocycles. The van der Waals surface area contributed by atoms with E-state index in [1.807, 2.05) is 28.1 Å². The molecule has 2 aromatic rings. The van der Waals surface area contributed by atoms with Crippen molar-refractivity contribution in [3.8, 4) is 0 Å². The average Bonchev–Trinajstić information content (AvgIpc) is 3.32. The Morgan fingerprint density at radius 2 is 2.00 bits per heavy atom. The summed E-state index contributed by atoms with van der Waals surface area (Å²) >= 11 is 1.62. The number of nitrogens with zero attached hydrogens (tertiary/aromatic N) is 5. The molecule has 0 bridgehead atoms. The van der Waals surface area contributed by atoms with E-state index in [1.165, 1.54) is 0 Å². The van der Waals surface area contributed by atoms with Crippen molar-refractivity contribution in [2.75, 3.05) is 19.6 Å². The normalized spacial score (nSPS) is 20.6. The van der Waals surface area contributed by atoms with Crippen LogP contribution < -0.4 is 5.32 Å². The van der Waals surface area contributed by atoms with Crippen molar-refractivity contribution in [2.45, 2.75) is 51.1 Å². The number of hydrogen-bond acceptors (Lipinski definition) is 6. The van der Waals surface area contributed by atoms with Gasteiger partial charge in [-0.3, -0.25) is 4.79 Å². The molecule has 1 amide bonds. The van der Waals surface area contributed by atoms with Crippen LogP contribution in [0.25, 0.3) is 0 Å². The third-order valence-corrected chi connectivity index (χ3v) is 6.16. The Labute approximate surface area is 175 Å². The van der Waals surface area contributed by atoms with Gasteiger partial charge in [-0.2, -0.15) is 0 Å². The van der Waals surface area contributed by atoms with Crippen molar-refractivity contribution >= 4 is 42.1 Å². The van der Waals surface area contributed by atoms with E-state index in [1.54, 1.807) is 11.3 Å². The molecule has 0 spiro atoms. The molecule has 2 aliphatic rings. The van der Waals surface area contributed by atoms with Crippen molar-refractivity contribution in [2.24, 2.45) is 0 Å². The van der Waals surface area contributed by atoms with Crippen LogP contribution in [0.15, 0.2) is 11.6 Å². The summed E-state index contributed by atoms with van der Waals surface area (Å²) in [5, 5.41) is 15.0. The zero-order valence-corrected chi connectivity index (χ0v) is 17.8. The summed E-state index contributed by atoms with van der Waals surface area (Å²) in [7, 11) is 0. The molecule has 1 N–H and O–H groups in total. The van der Waals surface area contributed by atoms with Gasteiger partial charge in [0.1, 0.15) is 5.01 Å². The number of halogens is 2. The maximum absolute atomic E-state index is 13.2. The second-order valence-corrected chi connectivity index (χ2v) is 7.76. The van der Waals surface area contributed by atoms with E-state index >= 15 is 0 Å². The van der Waals surface area contributed by atoms with Crippen LogP contribution in [-0.4, -0.2) is 50.4 Å². The van der Waals surface area contributed by atoms with Crippen LogP contribution in [0.3, 0.4) is 0 Å². The molecule has 7 nitrogen and oxygen atoms in total. The number of nitrogens with one attached hydrogen (secondary N) is 1. The summed E-state index contributed by atoms with van der Waals surface area (Å²) in [5.41, 5.74) is 1.39. The predicted molar refractivity (Wildman–Crippen MR) is 110 cm³/mol. The second kappa shape index (κ2) is 9.82. The molecule has 10 heteroatoms. The maximum atomic E-state index is 13.2. The van der Waals surface area contributed by atoms with Crippen LogP contribution in [0.1, 0.15) is 65.4 Å². The molecule has 2 saturated heterocycles. The summed E-state index contributed by atoms with van der Waals surface area (Å²) in [6, 6.07) is 0.413. The Bertz CT molecular complexity index is 732. The quantitative estimate of drug-likeness (QED) is 0.805. The van der Waals surface area contributed by atoms with E-state index in [4.69, 9.17) is 0 Å². The van der Waals surface area contributed by atoms with Crippen LogP contribution in [0, 0.1) is 6.92 Å². The highest BCUT2D eigenvalue weighted by atomic mass is 35.5. The fraction of sp³-hybridized carbons (Fsp3) is 0.647. The maximum Gasteiger partial charge on any atom is 0.276 e. The first kappa shape index (κ1) is 22.1. The summed E-state index contributed by atoms with van der Waals surface area (Å²) in [6.45, 7) is 4.72. The smallest absolute Gasteiger partial charge is 0.276 e. The van der Waals surface area contributed by atoms with Gasteiger partial charge in [-0.1, -0.05) is 5.21 Å². The highest BCUT2D eigenvalue weighted by Crippen LogP contribution is 2.33. The summed E-state index contributed by atoms with van der Waals surface area (Å²) < 4.78 is 1.95. The summed E-state index contributed by atoms with van der Waals surface area (Å²) in [5.74, 6) is -0.00224. The molecule has 2 aliphatic heterocycles. The Balaban J connectivity index is 0.00000131. The molecular weight excluding hydrogens is 407 g/mol. The number of carbonyl (C=O) groups excluding carboxylic acids is 1. The van der Waals surface area contributed by atoms with E-state index in [0.29, 0.717) is 11.7 Å². The fourth-order valence-electron chi connectivity index (χ4n) is 3.90. The monoisotopic (exact) mass is 432 g/mol. The largest absolute Gasteiger partial charge is 0.328 e. The van der Waals surface area contributed by atoms with E-state index < -0.39 is 0 Å². The fourth-order valence-corrected chi connectivity index (χ4v) is 4.69. The highest BCUT2D eigenvalue weighted by molar-refractivity contribution is 7.09. The molecule has 150 valence electrons. The van der Waals surface area contributed by atoms with Crippen LogP contribution in [0.4, 0.5) is 0 Å². The lowest BCUT2D eigenvalue weighted by molar-refractivity contribution is 0.0604. The van der Waals surface area contributed by atoms with Gasteiger partial charge in [0.2, 0.25) is 0 Å². The van der Waals surface area contributed by atoms with Crippen molar-refractivity contribution in [1.29, 1.82) is 0 Å². The van der Waals surface area contributed by atoms with Gasteiger partial charge in [-0.15, -0.1) is 41.2 Å². The number of piperidine rings is 2. The minimum absolute atomic E-state index is 0. The Kier molecular flexibility index (Phi) is 8.03. The van der Waals surface area contributed by atoms with Crippen molar-refractivity contribution in [3.05, 3.63) is 28.0 Å². The Morgan fingerprint density at radius 3 is 2.70 bits per heavy atom. The third-order valence-electron chi connectivity index (χ3n) is 5.28. The average molecular weight is 433 g/mol. The van der Waals surface area contributed by atoms with Gasteiger partial charge in [-0.25, -0.2) is 9.67 Å². The van der Waals surface area contributed by atoms with E-state index in [-0.39, 0.29) is 36.8 Å². The van der Waals surface area contributed by atoms with Gasteiger partial charge < -0.3 is 10.2 Å².